The molecule has 0 aromatic carbocycles. The van der Waals surface area contributed by atoms with Gasteiger partial charge in [-0.3, -0.25) is 4.90 Å². The fourth-order valence-electron chi connectivity index (χ4n) is 2.63. The number of methoxy groups -OCH3 is 1. The fourth-order valence-corrected chi connectivity index (χ4v) is 2.63. The summed E-state index contributed by atoms with van der Waals surface area (Å²) in [5.74, 6) is 0. The summed E-state index contributed by atoms with van der Waals surface area (Å²) in [5, 5.41) is 9.10. The Kier molecular flexibility index (Phi) is 6.22. The van der Waals surface area contributed by atoms with Crippen molar-refractivity contribution in [1.29, 1.82) is 0 Å². The minimum atomic E-state index is 0.255. The minimum absolute atomic E-state index is 0.255. The number of aliphatic hydroxyl groups is 1. The van der Waals surface area contributed by atoms with Crippen LogP contribution in [0.2, 0.25) is 0 Å². The highest BCUT2D eigenvalue weighted by atomic mass is 16.5. The van der Waals surface area contributed by atoms with Crippen LogP contribution in [-0.4, -0.2) is 49.0 Å². The van der Waals surface area contributed by atoms with E-state index in [9.17, 15) is 0 Å². The van der Waals surface area contributed by atoms with Gasteiger partial charge in [-0.2, -0.15) is 0 Å². The Labute approximate surface area is 93.4 Å². The summed E-state index contributed by atoms with van der Waals surface area (Å²) < 4.78 is 5.20. The third-order valence-electron chi connectivity index (χ3n) is 3.38. The molecule has 15 heavy (non-hydrogen) atoms. The normalized spacial score (nSPS) is 20.8. The molecule has 3 heteroatoms. The molecule has 1 atom stereocenters. The van der Waals surface area contributed by atoms with Gasteiger partial charge in [-0.25, -0.2) is 0 Å². The maximum absolute atomic E-state index is 9.10. The topological polar surface area (TPSA) is 32.7 Å². The van der Waals surface area contributed by atoms with Crippen molar-refractivity contribution < 1.29 is 9.84 Å². The van der Waals surface area contributed by atoms with Crippen molar-refractivity contribution in [3.63, 3.8) is 0 Å². The van der Waals surface area contributed by atoms with E-state index in [0.717, 1.165) is 13.2 Å². The Morgan fingerprint density at radius 1 is 1.33 bits per heavy atom. The highest BCUT2D eigenvalue weighted by Gasteiger charge is 2.24. The standard InChI is InChI=1S/C12H25NO2/c1-11(10-15-2)13(8-9-14)12-6-4-3-5-7-12/h11-12,14H,3-10H2,1-2H3. The average Bonchev–Trinajstić information content (AvgIpc) is 2.27. The van der Waals surface area contributed by atoms with Gasteiger partial charge < -0.3 is 9.84 Å². The summed E-state index contributed by atoms with van der Waals surface area (Å²) in [6.45, 7) is 3.99. The lowest BCUT2D eigenvalue weighted by atomic mass is 9.93. The zero-order valence-electron chi connectivity index (χ0n) is 10.1. The summed E-state index contributed by atoms with van der Waals surface area (Å²) >= 11 is 0. The van der Waals surface area contributed by atoms with Gasteiger partial charge in [-0.15, -0.1) is 0 Å². The molecule has 1 aliphatic carbocycles. The molecule has 1 rings (SSSR count). The van der Waals surface area contributed by atoms with Gasteiger partial charge in [0.1, 0.15) is 0 Å². The van der Waals surface area contributed by atoms with Crippen LogP contribution in [0.25, 0.3) is 0 Å². The van der Waals surface area contributed by atoms with E-state index in [0.29, 0.717) is 12.1 Å². The monoisotopic (exact) mass is 215 g/mol. The van der Waals surface area contributed by atoms with Gasteiger partial charge >= 0.3 is 0 Å². The van der Waals surface area contributed by atoms with Gasteiger partial charge in [-0.05, 0) is 19.8 Å². The van der Waals surface area contributed by atoms with E-state index < -0.39 is 0 Å². The van der Waals surface area contributed by atoms with Crippen molar-refractivity contribution in [3.8, 4) is 0 Å². The second-order valence-electron chi connectivity index (χ2n) is 4.56. The van der Waals surface area contributed by atoms with Gasteiger partial charge in [0.05, 0.1) is 13.2 Å². The molecular weight excluding hydrogens is 190 g/mol. The van der Waals surface area contributed by atoms with Crippen molar-refractivity contribution in [2.75, 3.05) is 26.9 Å². The molecule has 0 aromatic heterocycles. The first kappa shape index (κ1) is 12.9. The van der Waals surface area contributed by atoms with Crippen molar-refractivity contribution in [2.24, 2.45) is 0 Å². The fraction of sp³-hybridized carbons (Fsp3) is 1.00. The predicted molar refractivity (Wildman–Crippen MR) is 62.0 cm³/mol. The second kappa shape index (κ2) is 7.20. The first-order valence-corrected chi connectivity index (χ1v) is 6.15. The molecule has 0 aliphatic heterocycles. The quantitative estimate of drug-likeness (QED) is 0.731. The molecule has 1 unspecified atom stereocenters. The van der Waals surface area contributed by atoms with Crippen LogP contribution in [0.4, 0.5) is 0 Å². The maximum Gasteiger partial charge on any atom is 0.0615 e. The third kappa shape index (κ3) is 4.09. The summed E-state index contributed by atoms with van der Waals surface area (Å²) in [6.07, 6.45) is 6.63. The van der Waals surface area contributed by atoms with Gasteiger partial charge in [0.25, 0.3) is 0 Å². The van der Waals surface area contributed by atoms with Crippen LogP contribution in [-0.2, 0) is 4.74 Å². The van der Waals surface area contributed by atoms with Crippen molar-refractivity contribution in [3.05, 3.63) is 0 Å². The van der Waals surface area contributed by atoms with Gasteiger partial charge in [0, 0.05) is 25.7 Å². The number of ether oxygens (including phenoxy) is 1. The highest BCUT2D eigenvalue weighted by Crippen LogP contribution is 2.23. The van der Waals surface area contributed by atoms with E-state index in [1.165, 1.54) is 32.1 Å². The molecule has 0 spiro atoms. The van der Waals surface area contributed by atoms with Crippen LogP contribution in [0, 0.1) is 0 Å². The lowest BCUT2D eigenvalue weighted by molar-refractivity contribution is 0.0426. The van der Waals surface area contributed by atoms with E-state index in [1.54, 1.807) is 7.11 Å². The number of rotatable bonds is 6. The molecule has 0 heterocycles. The predicted octanol–water partition coefficient (Wildman–Crippen LogP) is 1.65. The summed E-state index contributed by atoms with van der Waals surface area (Å²) in [4.78, 5) is 2.42. The highest BCUT2D eigenvalue weighted by molar-refractivity contribution is 4.79. The molecule has 0 amide bonds. The van der Waals surface area contributed by atoms with Crippen molar-refractivity contribution in [2.45, 2.75) is 51.1 Å². The molecule has 90 valence electrons. The van der Waals surface area contributed by atoms with E-state index >= 15 is 0 Å². The van der Waals surface area contributed by atoms with E-state index in [4.69, 9.17) is 9.84 Å². The Hall–Kier alpha value is -0.120. The van der Waals surface area contributed by atoms with E-state index in [2.05, 4.69) is 11.8 Å². The van der Waals surface area contributed by atoms with Crippen LogP contribution in [0.5, 0.6) is 0 Å². The first-order chi connectivity index (χ1) is 7.29. The van der Waals surface area contributed by atoms with Crippen LogP contribution >= 0.6 is 0 Å². The molecule has 3 nitrogen and oxygen atoms in total. The minimum Gasteiger partial charge on any atom is -0.395 e. The zero-order valence-corrected chi connectivity index (χ0v) is 10.1. The van der Waals surface area contributed by atoms with Crippen LogP contribution < -0.4 is 0 Å². The Balaban J connectivity index is 2.46. The molecule has 1 aliphatic rings. The molecule has 0 bridgehead atoms. The molecule has 1 N–H and O–H groups in total. The molecule has 0 aromatic rings. The summed E-state index contributed by atoms with van der Waals surface area (Å²) in [7, 11) is 1.74. The second-order valence-corrected chi connectivity index (χ2v) is 4.56. The number of nitrogens with zero attached hydrogens (tertiary/aromatic N) is 1. The molecule has 0 saturated heterocycles. The van der Waals surface area contributed by atoms with E-state index in [1.807, 2.05) is 0 Å². The SMILES string of the molecule is COCC(C)N(CCO)C1CCCCC1. The Morgan fingerprint density at radius 3 is 2.53 bits per heavy atom. The molecular formula is C12H25NO2. The summed E-state index contributed by atoms with van der Waals surface area (Å²) in [5.41, 5.74) is 0. The zero-order chi connectivity index (χ0) is 11.1. The number of hydrogen-bond acceptors (Lipinski definition) is 3. The Bertz CT molecular complexity index is 158. The van der Waals surface area contributed by atoms with Crippen LogP contribution in [0.1, 0.15) is 39.0 Å². The van der Waals surface area contributed by atoms with Crippen LogP contribution in [0.15, 0.2) is 0 Å². The number of aliphatic hydroxyl groups excluding tert-OH is 1. The molecule has 1 saturated carbocycles. The first-order valence-electron chi connectivity index (χ1n) is 6.15. The summed E-state index contributed by atoms with van der Waals surface area (Å²) in [6, 6.07) is 1.08. The Morgan fingerprint density at radius 2 is 2.00 bits per heavy atom. The van der Waals surface area contributed by atoms with Crippen molar-refractivity contribution in [1.82, 2.24) is 4.90 Å². The van der Waals surface area contributed by atoms with Crippen molar-refractivity contribution >= 4 is 0 Å². The smallest absolute Gasteiger partial charge is 0.0615 e. The van der Waals surface area contributed by atoms with Gasteiger partial charge in [-0.1, -0.05) is 19.3 Å². The molecule has 0 radical (unpaired) electrons. The molecule has 1 fully saturated rings. The van der Waals surface area contributed by atoms with Gasteiger partial charge in [0.2, 0.25) is 0 Å². The van der Waals surface area contributed by atoms with Crippen LogP contribution in [0.3, 0.4) is 0 Å². The average molecular weight is 215 g/mol. The van der Waals surface area contributed by atoms with Gasteiger partial charge in [0.15, 0.2) is 0 Å². The largest absolute Gasteiger partial charge is 0.395 e. The lowest BCUT2D eigenvalue weighted by Gasteiger charge is -2.38. The number of hydrogen-bond donors (Lipinski definition) is 1. The third-order valence-corrected chi connectivity index (χ3v) is 3.38. The van der Waals surface area contributed by atoms with E-state index in [-0.39, 0.29) is 6.61 Å². The lowest BCUT2D eigenvalue weighted by Crippen LogP contribution is -2.46. The maximum atomic E-state index is 9.10.